The fraction of sp³-hybridized carbons (Fsp3) is 0.778. The van der Waals surface area contributed by atoms with E-state index in [1.807, 2.05) is 41.5 Å². The molecular formula is C18H31NO6. The lowest BCUT2D eigenvalue weighted by Gasteiger charge is -2.33. The number of nitrogens with zero attached hydrogens (tertiary/aromatic N) is 1. The van der Waals surface area contributed by atoms with Crippen LogP contribution in [0.25, 0.3) is 0 Å². The summed E-state index contributed by atoms with van der Waals surface area (Å²) in [6.45, 7) is 14.7. The lowest BCUT2D eigenvalue weighted by molar-refractivity contribution is -0.537. The van der Waals surface area contributed by atoms with E-state index in [-0.39, 0.29) is 18.4 Å². The Bertz CT molecular complexity index is 509. The Hall–Kier alpha value is -1.28. The lowest BCUT2D eigenvalue weighted by Crippen LogP contribution is -2.40. The fourth-order valence-electron chi connectivity index (χ4n) is 1.93. The second-order valence-corrected chi connectivity index (χ2v) is 8.42. The first-order valence-electron chi connectivity index (χ1n) is 8.50. The molecule has 7 nitrogen and oxygen atoms in total. The molecule has 0 bridgehead atoms. The number of rotatable bonds is 8. The molecule has 2 amide bonds. The molecule has 25 heavy (non-hydrogen) atoms. The zero-order valence-electron chi connectivity index (χ0n) is 16.6. The highest BCUT2D eigenvalue weighted by Gasteiger charge is 2.35. The highest BCUT2D eigenvalue weighted by molar-refractivity contribution is 6.15. The van der Waals surface area contributed by atoms with Crippen LogP contribution in [-0.4, -0.2) is 40.2 Å². The van der Waals surface area contributed by atoms with Crippen molar-refractivity contribution in [3.8, 4) is 0 Å². The van der Waals surface area contributed by atoms with E-state index in [2.05, 4.69) is 0 Å². The minimum atomic E-state index is -1.17. The molecule has 0 aromatic heterocycles. The van der Waals surface area contributed by atoms with Gasteiger partial charge in [-0.15, -0.1) is 0 Å². The molecule has 0 aliphatic carbocycles. The third-order valence-corrected chi connectivity index (χ3v) is 3.14. The minimum Gasteiger partial charge on any atom is -0.275 e. The summed E-state index contributed by atoms with van der Waals surface area (Å²) < 4.78 is 0. The van der Waals surface area contributed by atoms with Crippen molar-refractivity contribution in [2.45, 2.75) is 85.2 Å². The predicted octanol–water partition coefficient (Wildman–Crippen LogP) is 3.29. The Labute approximate surface area is 150 Å². The normalized spacial score (nSPS) is 16.6. The van der Waals surface area contributed by atoms with Crippen molar-refractivity contribution >= 4 is 11.8 Å². The average molecular weight is 357 g/mol. The molecule has 0 aromatic carbocycles. The Balaban J connectivity index is 2.63. The van der Waals surface area contributed by atoms with E-state index in [1.165, 1.54) is 11.0 Å². The summed E-state index contributed by atoms with van der Waals surface area (Å²) >= 11 is 0. The molecule has 0 spiro atoms. The van der Waals surface area contributed by atoms with E-state index in [1.54, 1.807) is 13.8 Å². The van der Waals surface area contributed by atoms with E-state index in [0.717, 1.165) is 0 Å². The zero-order valence-corrected chi connectivity index (χ0v) is 16.6. The lowest BCUT2D eigenvalue weighted by atomic mass is 10.1. The zero-order chi connectivity index (χ0) is 19.5. The van der Waals surface area contributed by atoms with E-state index in [0.29, 0.717) is 18.4 Å². The standard InChI is InChI=1S/C18H31NO6/c1-13-12-14(20)19(15(13)21)11-9-10-18(8,24-22-16(2,3)4)25-23-17(5,6)7/h12H,9-11H2,1-8H3. The van der Waals surface area contributed by atoms with Crippen LogP contribution in [0.3, 0.4) is 0 Å². The largest absolute Gasteiger partial charge is 0.275 e. The third kappa shape index (κ3) is 7.64. The molecule has 1 rings (SSSR count). The topological polar surface area (TPSA) is 74.3 Å². The van der Waals surface area contributed by atoms with Crippen molar-refractivity contribution in [3.05, 3.63) is 11.6 Å². The summed E-state index contributed by atoms with van der Waals surface area (Å²) in [5.74, 6) is -1.72. The Morgan fingerprint density at radius 2 is 1.36 bits per heavy atom. The molecule has 0 unspecified atom stereocenters. The molecule has 0 fully saturated rings. The molecule has 0 atom stereocenters. The number of carbonyl (C=O) groups is 2. The number of imide groups is 1. The highest BCUT2D eigenvalue weighted by Crippen LogP contribution is 2.26. The van der Waals surface area contributed by atoms with Gasteiger partial charge in [-0.1, -0.05) is 0 Å². The van der Waals surface area contributed by atoms with Gasteiger partial charge in [0.05, 0.1) is 11.2 Å². The molecular weight excluding hydrogens is 326 g/mol. The Kier molecular flexibility index (Phi) is 6.92. The van der Waals surface area contributed by atoms with Crippen LogP contribution in [0.2, 0.25) is 0 Å². The quantitative estimate of drug-likeness (QED) is 0.287. The van der Waals surface area contributed by atoms with Gasteiger partial charge in [0.1, 0.15) is 0 Å². The summed E-state index contributed by atoms with van der Waals surface area (Å²) in [6, 6.07) is 0. The van der Waals surface area contributed by atoms with Crippen LogP contribution in [0.4, 0.5) is 0 Å². The molecule has 1 heterocycles. The van der Waals surface area contributed by atoms with Gasteiger partial charge in [-0.3, -0.25) is 14.5 Å². The second-order valence-electron chi connectivity index (χ2n) is 8.42. The first-order chi connectivity index (χ1) is 11.2. The number of hydrogen-bond donors (Lipinski definition) is 0. The summed E-state index contributed by atoms with van der Waals surface area (Å²) in [4.78, 5) is 46.6. The molecule has 0 radical (unpaired) electrons. The van der Waals surface area contributed by atoms with Gasteiger partial charge in [0.25, 0.3) is 11.8 Å². The van der Waals surface area contributed by atoms with Crippen molar-refractivity contribution in [1.29, 1.82) is 0 Å². The summed E-state index contributed by atoms with van der Waals surface area (Å²) in [5.41, 5.74) is -0.588. The van der Waals surface area contributed by atoms with Crippen LogP contribution in [0, 0.1) is 0 Å². The molecule has 0 saturated carbocycles. The molecule has 0 saturated heterocycles. The van der Waals surface area contributed by atoms with Crippen molar-refractivity contribution in [2.24, 2.45) is 0 Å². The van der Waals surface area contributed by atoms with Crippen LogP contribution >= 0.6 is 0 Å². The molecule has 1 aliphatic heterocycles. The van der Waals surface area contributed by atoms with Crippen molar-refractivity contribution in [1.82, 2.24) is 4.90 Å². The van der Waals surface area contributed by atoms with Gasteiger partial charge in [0.15, 0.2) is 0 Å². The van der Waals surface area contributed by atoms with Gasteiger partial charge in [-0.05, 0) is 61.8 Å². The number of amides is 2. The van der Waals surface area contributed by atoms with E-state index >= 15 is 0 Å². The average Bonchev–Trinajstić information content (AvgIpc) is 2.68. The van der Waals surface area contributed by atoms with Crippen molar-refractivity contribution < 1.29 is 29.1 Å². The Morgan fingerprint density at radius 3 is 1.72 bits per heavy atom. The van der Waals surface area contributed by atoms with Gasteiger partial charge in [-0.2, -0.15) is 9.78 Å². The van der Waals surface area contributed by atoms with Crippen LogP contribution in [0.15, 0.2) is 11.6 Å². The molecule has 0 N–H and O–H groups in total. The van der Waals surface area contributed by atoms with Gasteiger partial charge in [0.2, 0.25) is 5.79 Å². The maximum atomic E-state index is 11.9. The van der Waals surface area contributed by atoms with Crippen LogP contribution < -0.4 is 0 Å². The summed E-state index contributed by atoms with van der Waals surface area (Å²) in [5, 5.41) is 0. The van der Waals surface area contributed by atoms with Gasteiger partial charge >= 0.3 is 0 Å². The summed E-state index contributed by atoms with van der Waals surface area (Å²) in [6.07, 6.45) is 2.20. The maximum Gasteiger partial charge on any atom is 0.256 e. The summed E-state index contributed by atoms with van der Waals surface area (Å²) in [7, 11) is 0. The molecule has 144 valence electrons. The first-order valence-corrected chi connectivity index (χ1v) is 8.50. The van der Waals surface area contributed by atoms with Crippen LogP contribution in [-0.2, 0) is 29.1 Å². The number of carbonyl (C=O) groups excluding carboxylic acids is 2. The highest BCUT2D eigenvalue weighted by atomic mass is 17.3. The third-order valence-electron chi connectivity index (χ3n) is 3.14. The van der Waals surface area contributed by atoms with Crippen molar-refractivity contribution in [3.63, 3.8) is 0 Å². The van der Waals surface area contributed by atoms with Crippen LogP contribution in [0.1, 0.15) is 68.2 Å². The van der Waals surface area contributed by atoms with Gasteiger partial charge in [0, 0.05) is 24.6 Å². The Morgan fingerprint density at radius 1 is 0.880 bits per heavy atom. The molecule has 0 aromatic rings. The fourth-order valence-corrected chi connectivity index (χ4v) is 1.93. The van der Waals surface area contributed by atoms with E-state index in [9.17, 15) is 9.59 Å². The minimum absolute atomic E-state index is 0.259. The maximum absolute atomic E-state index is 11.9. The van der Waals surface area contributed by atoms with Crippen LogP contribution in [0.5, 0.6) is 0 Å². The van der Waals surface area contributed by atoms with Crippen molar-refractivity contribution in [2.75, 3.05) is 6.54 Å². The smallest absolute Gasteiger partial charge is 0.256 e. The van der Waals surface area contributed by atoms with Gasteiger partial charge < -0.3 is 0 Å². The second kappa shape index (κ2) is 7.95. The monoisotopic (exact) mass is 357 g/mol. The first kappa shape index (κ1) is 21.8. The van der Waals surface area contributed by atoms with E-state index in [4.69, 9.17) is 19.6 Å². The SMILES string of the molecule is CC1=CC(=O)N(CCCC(C)(OOC(C)(C)C)OOC(C)(C)C)C1=O. The predicted molar refractivity (Wildman–Crippen MR) is 92.0 cm³/mol. The van der Waals surface area contributed by atoms with Gasteiger partial charge in [-0.25, -0.2) is 9.78 Å². The number of hydrogen-bond acceptors (Lipinski definition) is 6. The van der Waals surface area contributed by atoms with E-state index < -0.39 is 17.0 Å². The molecule has 1 aliphatic rings. The molecule has 7 heteroatoms.